The highest BCUT2D eigenvalue weighted by atomic mass is 32.2. The lowest BCUT2D eigenvalue weighted by molar-refractivity contribution is 0.0938. The van der Waals surface area contributed by atoms with Crippen LogP contribution in [0.3, 0.4) is 0 Å². The Hall–Kier alpha value is -1.44. The highest BCUT2D eigenvalue weighted by molar-refractivity contribution is 7.89. The lowest BCUT2D eigenvalue weighted by Crippen LogP contribution is -2.33. The quantitative estimate of drug-likeness (QED) is 0.707. The van der Waals surface area contributed by atoms with E-state index in [1.807, 2.05) is 13.8 Å². The number of methoxy groups -OCH3 is 1. The van der Waals surface area contributed by atoms with Crippen LogP contribution in [-0.4, -0.2) is 40.6 Å². The standard InChI is InChI=1S/C15H24N2O4S/c1-5-12(3)17-15(18)14-10-13(7-6-11(14)2)22(19,20)16-8-9-21-4/h6-7,10,12,16H,5,8-9H2,1-4H3,(H,17,18). The van der Waals surface area contributed by atoms with E-state index >= 15 is 0 Å². The Balaban J connectivity index is 3.01. The van der Waals surface area contributed by atoms with Gasteiger partial charge >= 0.3 is 0 Å². The second-order valence-corrected chi connectivity index (χ2v) is 6.92. The number of benzene rings is 1. The third-order valence-electron chi connectivity index (χ3n) is 3.35. The van der Waals surface area contributed by atoms with Gasteiger partial charge in [0.1, 0.15) is 0 Å². The Labute approximate surface area is 132 Å². The van der Waals surface area contributed by atoms with E-state index < -0.39 is 10.0 Å². The first-order valence-electron chi connectivity index (χ1n) is 7.22. The first kappa shape index (κ1) is 18.6. The minimum atomic E-state index is -3.65. The second-order valence-electron chi connectivity index (χ2n) is 5.15. The first-order valence-corrected chi connectivity index (χ1v) is 8.70. The minimum absolute atomic E-state index is 0.0343. The van der Waals surface area contributed by atoms with Gasteiger partial charge in [0.2, 0.25) is 10.0 Å². The number of rotatable bonds is 8. The molecule has 0 heterocycles. The molecule has 1 amide bonds. The zero-order chi connectivity index (χ0) is 16.8. The van der Waals surface area contributed by atoms with Crippen LogP contribution in [0.4, 0.5) is 0 Å². The molecular formula is C15H24N2O4S. The monoisotopic (exact) mass is 328 g/mol. The van der Waals surface area contributed by atoms with Crippen molar-refractivity contribution in [2.75, 3.05) is 20.3 Å². The van der Waals surface area contributed by atoms with Crippen LogP contribution in [-0.2, 0) is 14.8 Å². The van der Waals surface area contributed by atoms with E-state index in [2.05, 4.69) is 10.0 Å². The van der Waals surface area contributed by atoms with Crippen molar-refractivity contribution in [1.82, 2.24) is 10.0 Å². The fraction of sp³-hybridized carbons (Fsp3) is 0.533. The molecule has 0 aliphatic rings. The molecule has 1 rings (SSSR count). The number of hydrogen-bond donors (Lipinski definition) is 2. The molecule has 1 atom stereocenters. The van der Waals surface area contributed by atoms with Gasteiger partial charge in [0.05, 0.1) is 11.5 Å². The maximum absolute atomic E-state index is 12.2. The average Bonchev–Trinajstić information content (AvgIpc) is 2.47. The number of hydrogen-bond acceptors (Lipinski definition) is 4. The predicted octanol–water partition coefficient (Wildman–Crippen LogP) is 1.45. The highest BCUT2D eigenvalue weighted by Gasteiger charge is 2.18. The molecular weight excluding hydrogens is 304 g/mol. The summed E-state index contributed by atoms with van der Waals surface area (Å²) >= 11 is 0. The zero-order valence-corrected chi connectivity index (χ0v) is 14.3. The van der Waals surface area contributed by atoms with Gasteiger partial charge in [-0.1, -0.05) is 13.0 Å². The minimum Gasteiger partial charge on any atom is -0.383 e. The number of nitrogens with one attached hydrogen (secondary N) is 2. The molecule has 0 aromatic heterocycles. The molecule has 0 aliphatic heterocycles. The van der Waals surface area contributed by atoms with E-state index in [-0.39, 0.29) is 30.0 Å². The molecule has 0 fully saturated rings. The SMILES string of the molecule is CCC(C)NC(=O)c1cc(S(=O)(=O)NCCOC)ccc1C. The summed E-state index contributed by atoms with van der Waals surface area (Å²) in [5, 5.41) is 2.84. The van der Waals surface area contributed by atoms with Crippen LogP contribution in [0.5, 0.6) is 0 Å². The normalized spacial score (nSPS) is 12.9. The molecule has 124 valence electrons. The third-order valence-corrected chi connectivity index (χ3v) is 4.81. The van der Waals surface area contributed by atoms with Crippen molar-refractivity contribution in [2.45, 2.75) is 38.1 Å². The summed E-state index contributed by atoms with van der Waals surface area (Å²) in [5.74, 6) is -0.263. The molecule has 0 bridgehead atoms. The summed E-state index contributed by atoms with van der Waals surface area (Å²) < 4.78 is 31.6. The van der Waals surface area contributed by atoms with Gasteiger partial charge in [0.15, 0.2) is 0 Å². The number of ether oxygens (including phenoxy) is 1. The molecule has 0 saturated heterocycles. The molecule has 0 aliphatic carbocycles. The first-order chi connectivity index (χ1) is 10.3. The summed E-state index contributed by atoms with van der Waals surface area (Å²) in [6, 6.07) is 4.57. The zero-order valence-electron chi connectivity index (χ0n) is 13.5. The lowest BCUT2D eigenvalue weighted by atomic mass is 10.1. The fourth-order valence-corrected chi connectivity index (χ4v) is 2.82. The molecule has 6 nitrogen and oxygen atoms in total. The summed E-state index contributed by atoms with van der Waals surface area (Å²) in [7, 11) is -2.15. The molecule has 0 spiro atoms. The third kappa shape index (κ3) is 5.08. The maximum Gasteiger partial charge on any atom is 0.251 e. The van der Waals surface area contributed by atoms with Gasteiger partial charge < -0.3 is 10.1 Å². The smallest absolute Gasteiger partial charge is 0.251 e. The van der Waals surface area contributed by atoms with Crippen LogP contribution in [0.2, 0.25) is 0 Å². The fourth-order valence-electron chi connectivity index (χ4n) is 1.78. The van der Waals surface area contributed by atoms with Crippen LogP contribution in [0.15, 0.2) is 23.1 Å². The molecule has 0 saturated carbocycles. The topological polar surface area (TPSA) is 84.5 Å². The van der Waals surface area contributed by atoms with Gasteiger partial charge in [0, 0.05) is 25.3 Å². The summed E-state index contributed by atoms with van der Waals surface area (Å²) in [4.78, 5) is 12.3. The Morgan fingerprint density at radius 2 is 2.05 bits per heavy atom. The Morgan fingerprint density at radius 3 is 2.64 bits per heavy atom. The Bertz CT molecular complexity index is 614. The summed E-state index contributed by atoms with van der Waals surface area (Å²) in [6.45, 7) is 6.12. The average molecular weight is 328 g/mol. The largest absolute Gasteiger partial charge is 0.383 e. The van der Waals surface area contributed by atoms with Crippen LogP contribution in [0, 0.1) is 6.92 Å². The number of carbonyl (C=O) groups is 1. The van der Waals surface area contributed by atoms with Crippen molar-refractivity contribution in [3.05, 3.63) is 29.3 Å². The molecule has 1 aromatic carbocycles. The second kappa shape index (κ2) is 8.26. The maximum atomic E-state index is 12.2. The Morgan fingerprint density at radius 1 is 1.36 bits per heavy atom. The van der Waals surface area contributed by atoms with Gasteiger partial charge in [-0.3, -0.25) is 4.79 Å². The predicted molar refractivity (Wildman–Crippen MR) is 85.5 cm³/mol. The van der Waals surface area contributed by atoms with Crippen molar-refractivity contribution in [2.24, 2.45) is 0 Å². The molecule has 1 unspecified atom stereocenters. The van der Waals surface area contributed by atoms with Crippen LogP contribution < -0.4 is 10.0 Å². The summed E-state index contributed by atoms with van der Waals surface area (Å²) in [6.07, 6.45) is 0.807. The van der Waals surface area contributed by atoms with Crippen molar-refractivity contribution < 1.29 is 17.9 Å². The van der Waals surface area contributed by atoms with E-state index in [0.717, 1.165) is 12.0 Å². The highest BCUT2D eigenvalue weighted by Crippen LogP contribution is 2.16. The van der Waals surface area contributed by atoms with E-state index in [4.69, 9.17) is 4.74 Å². The molecule has 1 aromatic rings. The number of aryl methyl sites for hydroxylation is 1. The van der Waals surface area contributed by atoms with Gasteiger partial charge in [-0.05, 0) is 38.0 Å². The van der Waals surface area contributed by atoms with Gasteiger partial charge in [-0.15, -0.1) is 0 Å². The van der Waals surface area contributed by atoms with E-state index in [1.165, 1.54) is 19.2 Å². The van der Waals surface area contributed by atoms with Gasteiger partial charge in [0.25, 0.3) is 5.91 Å². The number of sulfonamides is 1. The van der Waals surface area contributed by atoms with Crippen molar-refractivity contribution in [1.29, 1.82) is 0 Å². The Kier molecular flexibility index (Phi) is 6.99. The van der Waals surface area contributed by atoms with Crippen molar-refractivity contribution in [3.63, 3.8) is 0 Å². The van der Waals surface area contributed by atoms with E-state index in [0.29, 0.717) is 5.56 Å². The van der Waals surface area contributed by atoms with Crippen molar-refractivity contribution >= 4 is 15.9 Å². The van der Waals surface area contributed by atoms with Crippen molar-refractivity contribution in [3.8, 4) is 0 Å². The molecule has 0 radical (unpaired) electrons. The van der Waals surface area contributed by atoms with Crippen LogP contribution in [0.25, 0.3) is 0 Å². The van der Waals surface area contributed by atoms with Gasteiger partial charge in [-0.2, -0.15) is 0 Å². The van der Waals surface area contributed by atoms with Gasteiger partial charge in [-0.25, -0.2) is 13.1 Å². The molecule has 2 N–H and O–H groups in total. The summed E-state index contributed by atoms with van der Waals surface area (Å²) in [5.41, 5.74) is 1.10. The van der Waals surface area contributed by atoms with Crippen LogP contribution >= 0.6 is 0 Å². The number of amides is 1. The van der Waals surface area contributed by atoms with E-state index in [1.54, 1.807) is 13.0 Å². The molecule has 22 heavy (non-hydrogen) atoms. The number of carbonyl (C=O) groups excluding carboxylic acids is 1. The lowest BCUT2D eigenvalue weighted by Gasteiger charge is -2.14. The molecule has 7 heteroatoms. The van der Waals surface area contributed by atoms with E-state index in [9.17, 15) is 13.2 Å². The van der Waals surface area contributed by atoms with Crippen LogP contribution in [0.1, 0.15) is 36.2 Å².